The number of carbonyl (C=O) groups is 1. The van der Waals surface area contributed by atoms with Crippen molar-refractivity contribution in [3.05, 3.63) is 102 Å². The Kier molecular flexibility index (Phi) is 8.10. The topological polar surface area (TPSA) is 35.5 Å². The molecule has 0 saturated heterocycles. The average Bonchev–Trinajstić information content (AvgIpc) is 2.80. The molecule has 0 heterocycles. The molecule has 0 radical (unpaired) electrons. The van der Waals surface area contributed by atoms with Gasteiger partial charge < -0.3 is 9.47 Å². The summed E-state index contributed by atoms with van der Waals surface area (Å²) in [6.07, 6.45) is 0.747. The zero-order chi connectivity index (χ0) is 21.2. The van der Waals surface area contributed by atoms with Crippen molar-refractivity contribution in [3.63, 3.8) is 0 Å². The summed E-state index contributed by atoms with van der Waals surface area (Å²) in [5.74, 6) is 0.777. The fraction of sp³-hybridized carbons (Fsp3) is 0.192. The smallest absolute Gasteiger partial charge is 0.344 e. The first kappa shape index (κ1) is 21.7. The molecule has 154 valence electrons. The van der Waals surface area contributed by atoms with Gasteiger partial charge >= 0.3 is 5.97 Å². The largest absolute Gasteiger partial charge is 0.482 e. The maximum Gasteiger partial charge on any atom is 0.344 e. The van der Waals surface area contributed by atoms with Crippen LogP contribution in [0.25, 0.3) is 11.1 Å². The van der Waals surface area contributed by atoms with Gasteiger partial charge in [-0.3, -0.25) is 0 Å². The zero-order valence-corrected chi connectivity index (χ0v) is 17.8. The van der Waals surface area contributed by atoms with E-state index in [0.29, 0.717) is 18.2 Å². The summed E-state index contributed by atoms with van der Waals surface area (Å²) >= 11 is 6.19. The number of esters is 1. The van der Waals surface area contributed by atoms with Crippen molar-refractivity contribution < 1.29 is 14.3 Å². The molecule has 0 aliphatic rings. The maximum atomic E-state index is 11.5. The molecule has 0 atom stereocenters. The second-order valence-electron chi connectivity index (χ2n) is 6.64. The Labute approximate surface area is 182 Å². The SMILES string of the molecule is CCOC(=O)COc1ccc(C(=C(CCCl)c2ccccc2)c2ccccc2)cc1. The van der Waals surface area contributed by atoms with Gasteiger partial charge in [0.25, 0.3) is 0 Å². The van der Waals surface area contributed by atoms with Crippen molar-refractivity contribution in [3.8, 4) is 5.75 Å². The number of hydrogen-bond acceptors (Lipinski definition) is 3. The quantitative estimate of drug-likeness (QED) is 0.234. The predicted octanol–water partition coefficient (Wildman–Crippen LogP) is 6.22. The average molecular weight is 421 g/mol. The van der Waals surface area contributed by atoms with Crippen LogP contribution in [-0.2, 0) is 9.53 Å². The van der Waals surface area contributed by atoms with E-state index >= 15 is 0 Å². The van der Waals surface area contributed by atoms with Gasteiger partial charge in [-0.1, -0.05) is 72.8 Å². The Balaban J connectivity index is 2.00. The van der Waals surface area contributed by atoms with Gasteiger partial charge in [0.15, 0.2) is 6.61 Å². The van der Waals surface area contributed by atoms with Crippen LogP contribution in [0.5, 0.6) is 5.75 Å². The summed E-state index contributed by atoms with van der Waals surface area (Å²) in [6, 6.07) is 28.4. The Morgan fingerprint density at radius 1 is 0.800 bits per heavy atom. The van der Waals surface area contributed by atoms with Crippen LogP contribution in [-0.4, -0.2) is 25.1 Å². The lowest BCUT2D eigenvalue weighted by atomic mass is 9.88. The van der Waals surface area contributed by atoms with E-state index in [0.717, 1.165) is 28.7 Å². The molecule has 3 aromatic carbocycles. The van der Waals surface area contributed by atoms with Crippen LogP contribution < -0.4 is 4.74 Å². The minimum atomic E-state index is -0.375. The van der Waals surface area contributed by atoms with Crippen molar-refractivity contribution in [1.29, 1.82) is 0 Å². The zero-order valence-electron chi connectivity index (χ0n) is 17.0. The van der Waals surface area contributed by atoms with Gasteiger partial charge in [0, 0.05) is 5.88 Å². The molecular weight excluding hydrogens is 396 g/mol. The molecule has 0 unspecified atom stereocenters. The first-order chi connectivity index (χ1) is 14.7. The number of carbonyl (C=O) groups excluding carboxylic acids is 1. The molecule has 0 bridgehead atoms. The molecule has 3 nitrogen and oxygen atoms in total. The highest BCUT2D eigenvalue weighted by Gasteiger charge is 2.14. The summed E-state index contributed by atoms with van der Waals surface area (Å²) in [7, 11) is 0. The maximum absolute atomic E-state index is 11.5. The van der Waals surface area contributed by atoms with E-state index in [9.17, 15) is 4.79 Å². The minimum absolute atomic E-state index is 0.101. The van der Waals surface area contributed by atoms with Gasteiger partial charge in [-0.2, -0.15) is 0 Å². The summed E-state index contributed by atoms with van der Waals surface area (Å²) in [5, 5.41) is 0. The molecule has 0 aliphatic heterocycles. The van der Waals surface area contributed by atoms with E-state index in [1.165, 1.54) is 5.57 Å². The third-order valence-corrected chi connectivity index (χ3v) is 4.82. The second-order valence-corrected chi connectivity index (χ2v) is 7.02. The lowest BCUT2D eigenvalue weighted by Gasteiger charge is -2.17. The highest BCUT2D eigenvalue weighted by Crippen LogP contribution is 2.35. The van der Waals surface area contributed by atoms with Gasteiger partial charge in [0.2, 0.25) is 0 Å². The molecule has 0 saturated carbocycles. The third kappa shape index (κ3) is 5.74. The van der Waals surface area contributed by atoms with E-state index in [4.69, 9.17) is 21.1 Å². The van der Waals surface area contributed by atoms with Crippen LogP contribution >= 0.6 is 11.6 Å². The number of halogens is 1. The van der Waals surface area contributed by atoms with E-state index in [-0.39, 0.29) is 12.6 Å². The van der Waals surface area contributed by atoms with Crippen LogP contribution in [0.1, 0.15) is 30.0 Å². The number of benzene rings is 3. The molecular formula is C26H25ClO3. The van der Waals surface area contributed by atoms with Crippen molar-refractivity contribution in [2.75, 3.05) is 19.1 Å². The summed E-state index contributed by atoms with van der Waals surface area (Å²) in [5.41, 5.74) is 5.67. The number of ether oxygens (including phenoxy) is 2. The number of rotatable bonds is 9. The van der Waals surface area contributed by atoms with Gasteiger partial charge in [-0.05, 0) is 53.3 Å². The molecule has 0 amide bonds. The highest BCUT2D eigenvalue weighted by atomic mass is 35.5. The van der Waals surface area contributed by atoms with Crippen LogP contribution in [0.2, 0.25) is 0 Å². The van der Waals surface area contributed by atoms with E-state index in [2.05, 4.69) is 24.3 Å². The monoisotopic (exact) mass is 420 g/mol. The molecule has 0 N–H and O–H groups in total. The molecule has 3 aromatic rings. The van der Waals surface area contributed by atoms with Gasteiger partial charge in [-0.25, -0.2) is 4.79 Å². The van der Waals surface area contributed by atoms with Crippen molar-refractivity contribution in [2.45, 2.75) is 13.3 Å². The normalized spacial score (nSPS) is 11.5. The summed E-state index contributed by atoms with van der Waals surface area (Å²) in [6.45, 7) is 2.01. The van der Waals surface area contributed by atoms with Gasteiger partial charge in [0.05, 0.1) is 6.61 Å². The molecule has 3 rings (SSSR count). The van der Waals surface area contributed by atoms with Crippen LogP contribution in [0.15, 0.2) is 84.9 Å². The van der Waals surface area contributed by atoms with Crippen molar-refractivity contribution >= 4 is 28.7 Å². The Morgan fingerprint density at radius 3 is 1.93 bits per heavy atom. The Bertz CT molecular complexity index is 964. The highest BCUT2D eigenvalue weighted by molar-refractivity contribution is 6.18. The molecule has 4 heteroatoms. The fourth-order valence-corrected chi connectivity index (χ4v) is 3.52. The number of hydrogen-bond donors (Lipinski definition) is 0. The summed E-state index contributed by atoms with van der Waals surface area (Å²) < 4.78 is 10.4. The van der Waals surface area contributed by atoms with Crippen LogP contribution in [0, 0.1) is 0 Å². The third-order valence-electron chi connectivity index (χ3n) is 4.64. The first-order valence-corrected chi connectivity index (χ1v) is 10.5. The minimum Gasteiger partial charge on any atom is -0.482 e. The van der Waals surface area contributed by atoms with E-state index < -0.39 is 0 Å². The number of alkyl halides is 1. The van der Waals surface area contributed by atoms with E-state index in [1.807, 2.05) is 60.7 Å². The van der Waals surface area contributed by atoms with E-state index in [1.54, 1.807) is 6.92 Å². The van der Waals surface area contributed by atoms with Crippen LogP contribution in [0.3, 0.4) is 0 Å². The first-order valence-electron chi connectivity index (χ1n) is 10.0. The van der Waals surface area contributed by atoms with Crippen LogP contribution in [0.4, 0.5) is 0 Å². The molecule has 0 spiro atoms. The Hall–Kier alpha value is -3.04. The predicted molar refractivity (Wildman–Crippen MR) is 123 cm³/mol. The second kappa shape index (κ2) is 11.2. The Morgan fingerprint density at radius 2 is 1.37 bits per heavy atom. The lowest BCUT2D eigenvalue weighted by molar-refractivity contribution is -0.145. The molecule has 0 aliphatic carbocycles. The fourth-order valence-electron chi connectivity index (χ4n) is 3.33. The lowest BCUT2D eigenvalue weighted by Crippen LogP contribution is -2.14. The molecule has 30 heavy (non-hydrogen) atoms. The number of allylic oxidation sites excluding steroid dienone is 1. The van der Waals surface area contributed by atoms with Crippen molar-refractivity contribution in [2.24, 2.45) is 0 Å². The summed E-state index contributed by atoms with van der Waals surface area (Å²) in [4.78, 5) is 11.5. The standard InChI is InChI=1S/C26H25ClO3/c1-2-29-25(28)19-30-23-15-13-22(14-16-23)26(21-11-7-4-8-12-21)24(17-18-27)20-9-5-3-6-10-20/h3-16H,2,17-19H2,1H3. The molecule has 0 aromatic heterocycles. The molecule has 0 fully saturated rings. The van der Waals surface area contributed by atoms with Gasteiger partial charge in [0.1, 0.15) is 5.75 Å². The van der Waals surface area contributed by atoms with Crippen molar-refractivity contribution in [1.82, 2.24) is 0 Å². The van der Waals surface area contributed by atoms with Gasteiger partial charge in [-0.15, -0.1) is 11.6 Å².